The van der Waals surface area contributed by atoms with E-state index in [-0.39, 0.29) is 5.97 Å². The molecule has 0 aliphatic heterocycles. The molecule has 0 bridgehead atoms. The lowest BCUT2D eigenvalue weighted by Gasteiger charge is -2.06. The van der Waals surface area contributed by atoms with E-state index in [1.54, 1.807) is 0 Å². The lowest BCUT2D eigenvalue weighted by atomic mass is 10.0. The second-order valence-electron chi connectivity index (χ2n) is 12.3. The zero-order valence-electron chi connectivity index (χ0n) is 27.3. The van der Waals surface area contributed by atoms with Gasteiger partial charge in [-0.05, 0) is 44.9 Å². The number of aliphatic hydroxyl groups excluding tert-OH is 1. The Kier molecular flexibility index (Phi) is 35.4. The van der Waals surface area contributed by atoms with E-state index in [9.17, 15) is 4.79 Å². The predicted molar refractivity (Wildman–Crippen MR) is 176 cm³/mol. The van der Waals surface area contributed by atoms with Gasteiger partial charge in [-0.1, -0.05) is 167 Å². The minimum atomic E-state index is 0.00879. The molecule has 0 amide bonds. The minimum absolute atomic E-state index is 0.00879. The fourth-order valence-corrected chi connectivity index (χ4v) is 5.46. The molecule has 0 aromatic heterocycles. The summed E-state index contributed by atoms with van der Waals surface area (Å²) in [5.41, 5.74) is 0. The minimum Gasteiger partial charge on any atom is -0.466 e. The lowest BCUT2D eigenvalue weighted by Crippen LogP contribution is -2.05. The van der Waals surface area contributed by atoms with Crippen molar-refractivity contribution in [2.45, 2.75) is 206 Å². The van der Waals surface area contributed by atoms with Crippen LogP contribution in [0.4, 0.5) is 0 Å². The lowest BCUT2D eigenvalue weighted by molar-refractivity contribution is -0.143. The fraction of sp³-hybridized carbons (Fsp3) is 0.919. The van der Waals surface area contributed by atoms with E-state index in [4.69, 9.17) is 9.84 Å². The molecule has 3 heteroatoms. The Hall–Kier alpha value is -0.830. The third-order valence-electron chi connectivity index (χ3n) is 8.21. The molecule has 0 unspecified atom stereocenters. The highest BCUT2D eigenvalue weighted by atomic mass is 16.5. The van der Waals surface area contributed by atoms with Crippen molar-refractivity contribution in [1.29, 1.82) is 0 Å². The van der Waals surface area contributed by atoms with Crippen molar-refractivity contribution < 1.29 is 14.6 Å². The highest BCUT2D eigenvalue weighted by Crippen LogP contribution is 2.14. The number of carbonyl (C=O) groups is 1. The van der Waals surface area contributed by atoms with Crippen molar-refractivity contribution in [1.82, 2.24) is 0 Å². The molecule has 1 N–H and O–H groups in total. The van der Waals surface area contributed by atoms with Crippen molar-refractivity contribution in [2.24, 2.45) is 0 Å². The maximum absolute atomic E-state index is 11.9. The molecule has 0 saturated carbocycles. The second kappa shape index (κ2) is 36.2. The van der Waals surface area contributed by atoms with E-state index in [0.717, 1.165) is 19.3 Å². The monoisotopic (exact) mass is 565 g/mol. The van der Waals surface area contributed by atoms with Crippen LogP contribution in [0.5, 0.6) is 0 Å². The van der Waals surface area contributed by atoms with Gasteiger partial charge in [-0.15, -0.1) is 0 Å². The van der Waals surface area contributed by atoms with Crippen LogP contribution in [-0.4, -0.2) is 24.3 Å². The summed E-state index contributed by atoms with van der Waals surface area (Å²) in [6.07, 6.45) is 44.3. The summed E-state index contributed by atoms with van der Waals surface area (Å²) in [4.78, 5) is 11.9. The van der Waals surface area contributed by atoms with E-state index in [2.05, 4.69) is 19.1 Å². The molecule has 0 aliphatic carbocycles. The normalized spacial score (nSPS) is 11.6. The number of hydrogen-bond donors (Lipinski definition) is 1. The summed E-state index contributed by atoms with van der Waals surface area (Å²) in [5, 5.41) is 8.77. The Morgan fingerprint density at radius 3 is 1.25 bits per heavy atom. The van der Waals surface area contributed by atoms with E-state index in [1.165, 1.54) is 173 Å². The van der Waals surface area contributed by atoms with Gasteiger partial charge in [-0.2, -0.15) is 0 Å². The van der Waals surface area contributed by atoms with Crippen LogP contribution >= 0.6 is 0 Å². The SMILES string of the molecule is CCCCCCCCC=CCCCCCCCCCCCCCC(=O)OCCCCCCCCCCCCCO. The standard InChI is InChI=1S/C37H72O3/c1-2-3-4-5-6-7-8-9-10-11-12-13-14-15-16-17-19-22-25-28-31-34-37(39)40-36-33-30-27-24-21-18-20-23-26-29-32-35-38/h9-10,38H,2-8,11-36H2,1H3. The Bertz CT molecular complexity index is 502. The maximum Gasteiger partial charge on any atom is 0.305 e. The van der Waals surface area contributed by atoms with Crippen molar-refractivity contribution in [2.75, 3.05) is 13.2 Å². The van der Waals surface area contributed by atoms with Crippen LogP contribution in [0.15, 0.2) is 12.2 Å². The first-order valence-corrected chi connectivity index (χ1v) is 18.2. The third kappa shape index (κ3) is 35.2. The summed E-state index contributed by atoms with van der Waals surface area (Å²) in [6, 6.07) is 0. The molecule has 0 saturated heterocycles. The molecule has 0 heterocycles. The molecule has 0 aromatic carbocycles. The van der Waals surface area contributed by atoms with Gasteiger partial charge in [-0.25, -0.2) is 0 Å². The smallest absolute Gasteiger partial charge is 0.305 e. The first kappa shape index (κ1) is 39.2. The first-order valence-electron chi connectivity index (χ1n) is 18.2. The van der Waals surface area contributed by atoms with Crippen molar-refractivity contribution in [3.63, 3.8) is 0 Å². The fourth-order valence-electron chi connectivity index (χ4n) is 5.46. The van der Waals surface area contributed by atoms with E-state index < -0.39 is 0 Å². The van der Waals surface area contributed by atoms with Crippen LogP contribution in [-0.2, 0) is 9.53 Å². The van der Waals surface area contributed by atoms with Gasteiger partial charge in [0.05, 0.1) is 6.61 Å². The molecule has 0 fully saturated rings. The molecular weight excluding hydrogens is 492 g/mol. The number of rotatable bonds is 34. The summed E-state index contributed by atoms with van der Waals surface area (Å²) >= 11 is 0. The van der Waals surface area contributed by atoms with Gasteiger partial charge < -0.3 is 9.84 Å². The van der Waals surface area contributed by atoms with Gasteiger partial charge in [0.25, 0.3) is 0 Å². The molecule has 0 aromatic rings. The average Bonchev–Trinajstić information content (AvgIpc) is 2.96. The van der Waals surface area contributed by atoms with Gasteiger partial charge >= 0.3 is 5.97 Å². The molecule has 0 rings (SSSR count). The molecule has 0 radical (unpaired) electrons. The Morgan fingerprint density at radius 1 is 0.475 bits per heavy atom. The van der Waals surface area contributed by atoms with Gasteiger partial charge in [0.15, 0.2) is 0 Å². The van der Waals surface area contributed by atoms with Crippen molar-refractivity contribution in [3.8, 4) is 0 Å². The second-order valence-corrected chi connectivity index (χ2v) is 12.3. The summed E-state index contributed by atoms with van der Waals surface area (Å²) in [6.45, 7) is 3.24. The van der Waals surface area contributed by atoms with Crippen LogP contribution in [0.3, 0.4) is 0 Å². The number of hydrogen-bond acceptors (Lipinski definition) is 3. The Morgan fingerprint density at radius 2 is 0.825 bits per heavy atom. The number of ether oxygens (including phenoxy) is 1. The number of allylic oxidation sites excluding steroid dienone is 2. The molecular formula is C37H72O3. The van der Waals surface area contributed by atoms with E-state index in [0.29, 0.717) is 19.6 Å². The molecule has 0 aliphatic rings. The van der Waals surface area contributed by atoms with E-state index >= 15 is 0 Å². The zero-order chi connectivity index (χ0) is 29.0. The summed E-state index contributed by atoms with van der Waals surface area (Å²) in [7, 11) is 0. The predicted octanol–water partition coefficient (Wildman–Crippen LogP) is 12.2. The van der Waals surface area contributed by atoms with Crippen LogP contribution < -0.4 is 0 Å². The summed E-state index contributed by atoms with van der Waals surface area (Å²) in [5.74, 6) is 0.00879. The molecule has 40 heavy (non-hydrogen) atoms. The highest BCUT2D eigenvalue weighted by molar-refractivity contribution is 5.69. The summed E-state index contributed by atoms with van der Waals surface area (Å²) < 4.78 is 5.42. The largest absolute Gasteiger partial charge is 0.466 e. The number of aliphatic hydroxyl groups is 1. The van der Waals surface area contributed by atoms with Gasteiger partial charge in [0, 0.05) is 13.0 Å². The number of esters is 1. The number of carbonyl (C=O) groups excluding carboxylic acids is 1. The van der Waals surface area contributed by atoms with Crippen LogP contribution in [0.25, 0.3) is 0 Å². The molecule has 238 valence electrons. The van der Waals surface area contributed by atoms with Crippen molar-refractivity contribution >= 4 is 5.97 Å². The van der Waals surface area contributed by atoms with E-state index in [1.807, 2.05) is 0 Å². The number of unbranched alkanes of at least 4 members (excludes halogenated alkanes) is 27. The maximum atomic E-state index is 11.9. The Labute approximate surface area is 251 Å². The molecule has 3 nitrogen and oxygen atoms in total. The first-order chi connectivity index (χ1) is 19.8. The van der Waals surface area contributed by atoms with Crippen LogP contribution in [0.1, 0.15) is 206 Å². The third-order valence-corrected chi connectivity index (χ3v) is 8.21. The average molecular weight is 565 g/mol. The Balaban J connectivity index is 3.17. The molecule has 0 atom stereocenters. The van der Waals surface area contributed by atoms with Gasteiger partial charge in [0.2, 0.25) is 0 Å². The van der Waals surface area contributed by atoms with Gasteiger partial charge in [-0.3, -0.25) is 4.79 Å². The zero-order valence-corrected chi connectivity index (χ0v) is 27.3. The highest BCUT2D eigenvalue weighted by Gasteiger charge is 2.02. The quantitative estimate of drug-likeness (QED) is 0.0480. The molecule has 0 spiro atoms. The van der Waals surface area contributed by atoms with Crippen LogP contribution in [0, 0.1) is 0 Å². The van der Waals surface area contributed by atoms with Gasteiger partial charge in [0.1, 0.15) is 0 Å². The van der Waals surface area contributed by atoms with Crippen LogP contribution in [0.2, 0.25) is 0 Å². The van der Waals surface area contributed by atoms with Crippen molar-refractivity contribution in [3.05, 3.63) is 12.2 Å². The topological polar surface area (TPSA) is 46.5 Å².